The molecular weight excluding hydrogens is 586 g/mol. The lowest BCUT2D eigenvalue weighted by Gasteiger charge is -2.25. The summed E-state index contributed by atoms with van der Waals surface area (Å²) >= 11 is 0. The number of halogens is 1. The Hall–Kier alpha value is -4.22. The van der Waals surface area contributed by atoms with Crippen molar-refractivity contribution in [2.75, 3.05) is 12.3 Å². The zero-order chi connectivity index (χ0) is 30.6. The minimum Gasteiger partial charge on any atom is -0.453 e. The van der Waals surface area contributed by atoms with Crippen molar-refractivity contribution in [2.45, 2.75) is 50.6 Å². The van der Waals surface area contributed by atoms with Gasteiger partial charge in [-0.25, -0.2) is 18.7 Å². The topological polar surface area (TPSA) is 233 Å². The van der Waals surface area contributed by atoms with Crippen molar-refractivity contribution in [3.05, 3.63) is 75.2 Å². The van der Waals surface area contributed by atoms with E-state index in [4.69, 9.17) is 28.7 Å². The van der Waals surface area contributed by atoms with Gasteiger partial charge in [-0.3, -0.25) is 24.0 Å². The first kappa shape index (κ1) is 30.7. The first-order valence-electron chi connectivity index (χ1n) is 12.3. The fourth-order valence-corrected chi connectivity index (χ4v) is 5.26. The Balaban J connectivity index is 1.45. The Morgan fingerprint density at radius 3 is 2.67 bits per heavy atom. The number of alkyl halides is 1. The molecule has 4 rings (SSSR count). The minimum atomic E-state index is -4.47. The Bertz CT molecular complexity index is 1520. The molecule has 1 saturated heterocycles. The molecule has 17 nitrogen and oxygen atoms in total. The number of ether oxygens (including phenoxy) is 2. The van der Waals surface area contributed by atoms with Crippen molar-refractivity contribution in [3.63, 3.8) is 0 Å². The van der Waals surface area contributed by atoms with Gasteiger partial charge in [0.15, 0.2) is 24.3 Å². The summed E-state index contributed by atoms with van der Waals surface area (Å²) in [5, 5.41) is 23.7. The minimum absolute atomic E-state index is 0.00414. The maximum atomic E-state index is 14.9. The van der Waals surface area contributed by atoms with Crippen molar-refractivity contribution in [2.24, 2.45) is 0 Å². The molecule has 19 heteroatoms. The molecule has 3 heterocycles. The zero-order valence-corrected chi connectivity index (χ0v) is 22.9. The van der Waals surface area contributed by atoms with Gasteiger partial charge in [0.05, 0.1) is 12.7 Å². The van der Waals surface area contributed by atoms with Crippen LogP contribution in [0.2, 0.25) is 0 Å². The van der Waals surface area contributed by atoms with E-state index in [1.165, 1.54) is 32.0 Å². The molecule has 0 bridgehead atoms. The monoisotopic (exact) mass is 612 g/mol. The summed E-state index contributed by atoms with van der Waals surface area (Å²) in [7, 11) is -4.47. The number of aliphatic hydroxyl groups is 1. The van der Waals surface area contributed by atoms with Gasteiger partial charge in [0.25, 0.3) is 0 Å². The number of carbonyl (C=O) groups is 1. The number of nitrogens with two attached hydrogens (primary N) is 1. The number of aromatic nitrogens is 3. The van der Waals surface area contributed by atoms with E-state index in [9.17, 15) is 33.8 Å². The molecule has 7 atom stereocenters. The van der Waals surface area contributed by atoms with E-state index in [2.05, 4.69) is 15.1 Å². The van der Waals surface area contributed by atoms with E-state index in [-0.39, 0.29) is 17.5 Å². The molecule has 226 valence electrons. The van der Waals surface area contributed by atoms with Crippen LogP contribution >= 0.6 is 7.75 Å². The molecule has 1 fully saturated rings. The summed E-state index contributed by atoms with van der Waals surface area (Å²) in [4.78, 5) is 42.0. The second-order valence-corrected chi connectivity index (χ2v) is 10.7. The summed E-state index contributed by atoms with van der Waals surface area (Å²) in [5.41, 5.74) is 4.37. The number of nitrogen functional groups attached to an aromatic ring is 1. The van der Waals surface area contributed by atoms with E-state index < -0.39 is 73.6 Å². The van der Waals surface area contributed by atoms with Crippen molar-refractivity contribution in [1.82, 2.24) is 19.6 Å². The average molecular weight is 612 g/mol. The number of nitrogens with one attached hydrogen (secondary N) is 1. The van der Waals surface area contributed by atoms with Gasteiger partial charge in [-0.15, -0.1) is 0 Å². The standard InChI is InChI=1S/C23H26FN6O11P/c1-12(21(32)38-13(2)15-8-9-17(39-15)30(34)35)28-42(36,41-14-6-4-3-5-7-14)37-10-16-19(31)18(24)20(40-16)29-11-26-22(25)27-23(29)33/h3-9,11-13,16,18-20,31H,10H2,1-2H3,(H,28,36)(H2,25,27,33)/t12-,13?,16?,18?,19?,20?,42?/m0/s1. The van der Waals surface area contributed by atoms with Crippen molar-refractivity contribution in [3.8, 4) is 5.75 Å². The van der Waals surface area contributed by atoms with Gasteiger partial charge in [0.1, 0.15) is 35.2 Å². The molecular formula is C23H26FN6O11P. The lowest BCUT2D eigenvalue weighted by atomic mass is 10.1. The maximum Gasteiger partial charge on any atom is 0.459 e. The quantitative estimate of drug-likeness (QED) is 0.114. The number of rotatable bonds is 12. The van der Waals surface area contributed by atoms with Gasteiger partial charge in [-0.05, 0) is 32.0 Å². The van der Waals surface area contributed by atoms with E-state index in [1.807, 2.05) is 0 Å². The SMILES string of the molecule is CC(OC(=O)[C@H](C)NP(=O)(OCC1OC(n2cnc(N)nc2=O)C(F)C1O)Oc1ccccc1)c1ccc([N+](=O)[O-])o1. The maximum absolute atomic E-state index is 14.9. The first-order chi connectivity index (χ1) is 19.9. The van der Waals surface area contributed by atoms with Gasteiger partial charge in [-0.1, -0.05) is 18.2 Å². The van der Waals surface area contributed by atoms with Gasteiger partial charge >= 0.3 is 25.3 Å². The summed E-state index contributed by atoms with van der Waals surface area (Å²) in [5.74, 6) is -1.77. The molecule has 0 amide bonds. The van der Waals surface area contributed by atoms with Crippen LogP contribution in [0.1, 0.15) is 31.9 Å². The highest BCUT2D eigenvalue weighted by atomic mass is 31.2. The third kappa shape index (κ3) is 7.15. The van der Waals surface area contributed by atoms with E-state index in [1.54, 1.807) is 18.2 Å². The molecule has 0 saturated carbocycles. The van der Waals surface area contributed by atoms with Crippen molar-refractivity contribution < 1.29 is 46.7 Å². The van der Waals surface area contributed by atoms with Crippen LogP contribution in [0.3, 0.4) is 0 Å². The Kier molecular flexibility index (Phi) is 9.33. The molecule has 1 aromatic carbocycles. The van der Waals surface area contributed by atoms with Crippen molar-refractivity contribution in [1.29, 1.82) is 0 Å². The first-order valence-corrected chi connectivity index (χ1v) is 13.8. The van der Waals surface area contributed by atoms with Crippen LogP contribution in [0.25, 0.3) is 0 Å². The number of carbonyl (C=O) groups excluding carboxylic acids is 1. The molecule has 3 aromatic rings. The highest BCUT2D eigenvalue weighted by molar-refractivity contribution is 7.52. The molecule has 1 aliphatic heterocycles. The number of aliphatic hydroxyl groups excluding tert-OH is 1. The number of anilines is 1. The molecule has 1 aliphatic rings. The molecule has 0 radical (unpaired) electrons. The normalized spacial score (nSPS) is 23.0. The van der Waals surface area contributed by atoms with E-state index >= 15 is 0 Å². The van der Waals surface area contributed by atoms with E-state index in [0.29, 0.717) is 4.57 Å². The lowest BCUT2D eigenvalue weighted by Crippen LogP contribution is -2.37. The second kappa shape index (κ2) is 12.7. The third-order valence-electron chi connectivity index (χ3n) is 5.88. The molecule has 0 spiro atoms. The molecule has 0 aliphatic carbocycles. The predicted molar refractivity (Wildman–Crippen MR) is 139 cm³/mol. The van der Waals surface area contributed by atoms with Crippen LogP contribution in [0.5, 0.6) is 5.75 Å². The van der Waals surface area contributed by atoms with Gasteiger partial charge in [0, 0.05) is 0 Å². The van der Waals surface area contributed by atoms with Crippen molar-refractivity contribution >= 4 is 25.5 Å². The summed E-state index contributed by atoms with van der Waals surface area (Å²) in [6, 6.07) is 8.76. The Labute approximate surface area is 236 Å². The number of para-hydroxylation sites is 1. The summed E-state index contributed by atoms with van der Waals surface area (Å²) < 4.78 is 56.0. The lowest BCUT2D eigenvalue weighted by molar-refractivity contribution is -0.402. The number of esters is 1. The number of furan rings is 1. The van der Waals surface area contributed by atoms with Gasteiger partial charge in [0.2, 0.25) is 5.95 Å². The number of hydrogen-bond acceptors (Lipinski definition) is 14. The molecule has 4 N–H and O–H groups in total. The smallest absolute Gasteiger partial charge is 0.453 e. The van der Waals surface area contributed by atoms with Crippen LogP contribution in [-0.2, 0) is 23.4 Å². The highest BCUT2D eigenvalue weighted by Crippen LogP contribution is 2.46. The summed E-state index contributed by atoms with van der Waals surface area (Å²) in [6.07, 6.45) is -7.19. The molecule has 2 aromatic heterocycles. The number of nitro groups is 1. The molecule has 6 unspecified atom stereocenters. The largest absolute Gasteiger partial charge is 0.459 e. The number of nitrogens with zero attached hydrogens (tertiary/aromatic N) is 4. The highest BCUT2D eigenvalue weighted by Gasteiger charge is 2.47. The Morgan fingerprint density at radius 1 is 1.31 bits per heavy atom. The van der Waals surface area contributed by atoms with Crippen LogP contribution in [-0.4, -0.2) is 61.6 Å². The zero-order valence-electron chi connectivity index (χ0n) is 22.0. The summed E-state index contributed by atoms with van der Waals surface area (Å²) in [6.45, 7) is 1.98. The number of benzene rings is 1. The predicted octanol–water partition coefficient (Wildman–Crippen LogP) is 1.80. The van der Waals surface area contributed by atoms with Crippen LogP contribution in [0.4, 0.5) is 16.2 Å². The van der Waals surface area contributed by atoms with Gasteiger partial charge in [-0.2, -0.15) is 10.1 Å². The number of hydrogen-bond donors (Lipinski definition) is 3. The fraction of sp³-hybridized carbons (Fsp3) is 0.391. The van der Waals surface area contributed by atoms with Gasteiger partial charge < -0.3 is 29.3 Å². The van der Waals surface area contributed by atoms with Crippen LogP contribution in [0.15, 0.2) is 58.0 Å². The average Bonchev–Trinajstić information content (AvgIpc) is 3.54. The fourth-order valence-electron chi connectivity index (χ4n) is 3.76. The molecule has 42 heavy (non-hydrogen) atoms. The Morgan fingerprint density at radius 2 is 2.02 bits per heavy atom. The van der Waals surface area contributed by atoms with E-state index in [0.717, 1.165) is 12.4 Å². The third-order valence-corrected chi connectivity index (χ3v) is 7.53. The van der Waals surface area contributed by atoms with Crippen LogP contribution in [0, 0.1) is 10.1 Å². The second-order valence-electron chi connectivity index (χ2n) is 8.97. The van der Waals surface area contributed by atoms with Crippen LogP contribution < -0.4 is 21.0 Å².